The molecule has 2 nitrogen and oxygen atoms in total. The van der Waals surface area contributed by atoms with Crippen LogP contribution in [0.4, 0.5) is 4.39 Å². The summed E-state index contributed by atoms with van der Waals surface area (Å²) in [6.07, 6.45) is 1.47. The topological polar surface area (TPSA) is 43.1 Å². The molecule has 0 fully saturated rings. The standard InChI is InChI=1S/C7H10FNO/c1-3-6(7(9)10)4-5(2)8/h4H,2-3H2,1H3,(H2,9,10)/b6-4+. The first-order chi connectivity index (χ1) is 4.57. The molecule has 0 heterocycles. The van der Waals surface area contributed by atoms with Crippen LogP contribution in [-0.4, -0.2) is 5.91 Å². The van der Waals surface area contributed by atoms with Crippen molar-refractivity contribution in [1.29, 1.82) is 0 Å². The molecule has 0 unspecified atom stereocenters. The molecule has 0 aliphatic heterocycles. The van der Waals surface area contributed by atoms with Gasteiger partial charge in [0.1, 0.15) is 5.83 Å². The van der Waals surface area contributed by atoms with Gasteiger partial charge in [-0.05, 0) is 12.5 Å². The maximum Gasteiger partial charge on any atom is 0.244 e. The van der Waals surface area contributed by atoms with Crippen LogP contribution in [0.15, 0.2) is 24.1 Å². The number of carbonyl (C=O) groups excluding carboxylic acids is 1. The minimum Gasteiger partial charge on any atom is -0.366 e. The van der Waals surface area contributed by atoms with E-state index in [1.165, 1.54) is 0 Å². The van der Waals surface area contributed by atoms with E-state index in [4.69, 9.17) is 5.73 Å². The van der Waals surface area contributed by atoms with Gasteiger partial charge in [0.15, 0.2) is 0 Å². The third kappa shape index (κ3) is 3.02. The summed E-state index contributed by atoms with van der Waals surface area (Å²) < 4.78 is 12.0. The molecule has 3 heteroatoms. The number of allylic oxidation sites excluding steroid dienone is 2. The predicted octanol–water partition coefficient (Wildman–Crippen LogP) is 1.29. The van der Waals surface area contributed by atoms with E-state index in [0.29, 0.717) is 6.42 Å². The van der Waals surface area contributed by atoms with Crippen LogP contribution >= 0.6 is 0 Å². The molecule has 0 atom stereocenters. The van der Waals surface area contributed by atoms with E-state index in [1.807, 2.05) is 0 Å². The number of hydrogen-bond donors (Lipinski definition) is 1. The largest absolute Gasteiger partial charge is 0.366 e. The van der Waals surface area contributed by atoms with Crippen LogP contribution in [0, 0.1) is 0 Å². The summed E-state index contributed by atoms with van der Waals surface area (Å²) in [5.74, 6) is -1.24. The average Bonchev–Trinajstić information content (AvgIpc) is 1.81. The Morgan fingerprint density at radius 3 is 2.40 bits per heavy atom. The van der Waals surface area contributed by atoms with Crippen LogP contribution in [0.25, 0.3) is 0 Å². The normalized spacial score (nSPS) is 11.2. The first kappa shape index (κ1) is 8.88. The molecule has 0 aliphatic carbocycles. The van der Waals surface area contributed by atoms with Crippen molar-refractivity contribution in [3.8, 4) is 0 Å². The molecule has 0 spiro atoms. The number of halogens is 1. The van der Waals surface area contributed by atoms with E-state index in [-0.39, 0.29) is 5.57 Å². The van der Waals surface area contributed by atoms with Gasteiger partial charge in [-0.3, -0.25) is 4.79 Å². The van der Waals surface area contributed by atoms with Gasteiger partial charge in [-0.25, -0.2) is 4.39 Å². The maximum absolute atomic E-state index is 12.0. The zero-order valence-electron chi connectivity index (χ0n) is 5.86. The summed E-state index contributed by atoms with van der Waals surface area (Å²) in [4.78, 5) is 10.4. The Balaban J connectivity index is 4.34. The van der Waals surface area contributed by atoms with Crippen molar-refractivity contribution >= 4 is 5.91 Å². The van der Waals surface area contributed by atoms with Crippen LogP contribution in [0.3, 0.4) is 0 Å². The molecular formula is C7H10FNO. The lowest BCUT2D eigenvalue weighted by Crippen LogP contribution is -2.13. The number of carbonyl (C=O) groups is 1. The zero-order valence-corrected chi connectivity index (χ0v) is 5.86. The van der Waals surface area contributed by atoms with Crippen molar-refractivity contribution in [3.63, 3.8) is 0 Å². The lowest BCUT2D eigenvalue weighted by atomic mass is 10.2. The molecule has 0 radical (unpaired) electrons. The minimum atomic E-state index is -0.643. The Labute approximate surface area is 59.2 Å². The van der Waals surface area contributed by atoms with Crippen molar-refractivity contribution in [2.45, 2.75) is 13.3 Å². The molecule has 2 N–H and O–H groups in total. The number of amides is 1. The van der Waals surface area contributed by atoms with Crippen LogP contribution in [-0.2, 0) is 4.79 Å². The summed E-state index contributed by atoms with van der Waals surface area (Å²) in [5, 5.41) is 0. The van der Waals surface area contributed by atoms with Crippen molar-refractivity contribution in [2.24, 2.45) is 5.73 Å². The highest BCUT2D eigenvalue weighted by molar-refractivity contribution is 5.92. The van der Waals surface area contributed by atoms with Crippen molar-refractivity contribution in [1.82, 2.24) is 0 Å². The second-order valence-electron chi connectivity index (χ2n) is 1.83. The highest BCUT2D eigenvalue weighted by atomic mass is 19.1. The molecule has 0 rings (SSSR count). The van der Waals surface area contributed by atoms with Gasteiger partial charge in [0.05, 0.1) is 0 Å². The molecule has 0 aromatic carbocycles. The molecule has 0 aromatic heterocycles. The van der Waals surface area contributed by atoms with Crippen LogP contribution < -0.4 is 5.73 Å². The van der Waals surface area contributed by atoms with Crippen molar-refractivity contribution < 1.29 is 9.18 Å². The first-order valence-electron chi connectivity index (χ1n) is 2.92. The van der Waals surface area contributed by atoms with E-state index in [2.05, 4.69) is 6.58 Å². The summed E-state index contributed by atoms with van der Waals surface area (Å²) >= 11 is 0. The van der Waals surface area contributed by atoms with Gasteiger partial charge in [-0.15, -0.1) is 0 Å². The van der Waals surface area contributed by atoms with E-state index >= 15 is 0 Å². The second kappa shape index (κ2) is 3.82. The molecule has 0 aromatic rings. The average molecular weight is 143 g/mol. The summed E-state index contributed by atoms with van der Waals surface area (Å²) in [5.41, 5.74) is 5.14. The zero-order chi connectivity index (χ0) is 8.15. The SMILES string of the molecule is C=C(F)/C=C(\CC)C(N)=O. The summed E-state index contributed by atoms with van der Waals surface area (Å²) in [6, 6.07) is 0. The van der Waals surface area contributed by atoms with Crippen LogP contribution in [0.5, 0.6) is 0 Å². The molecule has 0 bridgehead atoms. The Bertz CT molecular complexity index is 184. The fraction of sp³-hybridized carbons (Fsp3) is 0.286. The quantitative estimate of drug-likeness (QED) is 0.469. The van der Waals surface area contributed by atoms with E-state index < -0.39 is 11.7 Å². The molecule has 0 saturated carbocycles. The number of hydrogen-bond acceptors (Lipinski definition) is 1. The third-order valence-corrected chi connectivity index (χ3v) is 1.03. The third-order valence-electron chi connectivity index (χ3n) is 1.03. The first-order valence-corrected chi connectivity index (χ1v) is 2.92. The second-order valence-corrected chi connectivity index (χ2v) is 1.83. The minimum absolute atomic E-state index is 0.257. The Morgan fingerprint density at radius 1 is 1.80 bits per heavy atom. The Morgan fingerprint density at radius 2 is 2.30 bits per heavy atom. The summed E-state index contributed by atoms with van der Waals surface area (Å²) in [7, 11) is 0. The predicted molar refractivity (Wildman–Crippen MR) is 37.8 cm³/mol. The number of rotatable bonds is 3. The van der Waals surface area contributed by atoms with Crippen molar-refractivity contribution in [2.75, 3.05) is 0 Å². The molecular weight excluding hydrogens is 133 g/mol. The Hall–Kier alpha value is -1.12. The van der Waals surface area contributed by atoms with E-state index in [9.17, 15) is 9.18 Å². The lowest BCUT2D eigenvalue weighted by molar-refractivity contribution is -0.114. The van der Waals surface area contributed by atoms with Gasteiger partial charge >= 0.3 is 0 Å². The fourth-order valence-electron chi connectivity index (χ4n) is 0.536. The lowest BCUT2D eigenvalue weighted by Gasteiger charge is -1.94. The summed E-state index contributed by atoms with van der Waals surface area (Å²) in [6.45, 7) is 4.70. The Kier molecular flexibility index (Phi) is 3.39. The number of primary amides is 1. The molecule has 0 aliphatic rings. The van der Waals surface area contributed by atoms with Crippen molar-refractivity contribution in [3.05, 3.63) is 24.1 Å². The highest BCUT2D eigenvalue weighted by Gasteiger charge is 2.00. The molecule has 56 valence electrons. The van der Waals surface area contributed by atoms with E-state index in [1.54, 1.807) is 6.92 Å². The smallest absolute Gasteiger partial charge is 0.244 e. The van der Waals surface area contributed by atoms with Crippen LogP contribution in [0.2, 0.25) is 0 Å². The van der Waals surface area contributed by atoms with Gasteiger partial charge in [-0.2, -0.15) is 0 Å². The molecule has 1 amide bonds. The number of nitrogens with two attached hydrogens (primary N) is 1. The molecule has 10 heavy (non-hydrogen) atoms. The van der Waals surface area contributed by atoms with Gasteiger partial charge < -0.3 is 5.73 Å². The maximum atomic E-state index is 12.0. The van der Waals surface area contributed by atoms with Gasteiger partial charge in [0, 0.05) is 5.57 Å². The van der Waals surface area contributed by atoms with Gasteiger partial charge in [0.25, 0.3) is 0 Å². The van der Waals surface area contributed by atoms with Gasteiger partial charge in [0.2, 0.25) is 5.91 Å². The fourth-order valence-corrected chi connectivity index (χ4v) is 0.536. The monoisotopic (exact) mass is 143 g/mol. The highest BCUT2D eigenvalue weighted by Crippen LogP contribution is 2.04. The van der Waals surface area contributed by atoms with E-state index in [0.717, 1.165) is 6.08 Å². The van der Waals surface area contributed by atoms with Crippen LogP contribution in [0.1, 0.15) is 13.3 Å². The van der Waals surface area contributed by atoms with Gasteiger partial charge in [-0.1, -0.05) is 13.5 Å². The molecule has 0 saturated heterocycles.